The molecule has 0 radical (unpaired) electrons. The van der Waals surface area contributed by atoms with E-state index in [1.54, 1.807) is 45.6 Å². The minimum absolute atomic E-state index is 0.123. The molecule has 13 aromatic carbocycles. The Morgan fingerprint density at radius 2 is 0.734 bits per heavy atom. The van der Waals surface area contributed by atoms with Gasteiger partial charge in [-0.05, 0) is 112 Å². The van der Waals surface area contributed by atoms with Gasteiger partial charge < -0.3 is 63.5 Å². The molecule has 8 heterocycles. The lowest BCUT2D eigenvalue weighted by atomic mass is 9.78. The molecule has 0 unspecified atom stereocenters. The number of halogens is 12. The maximum absolute atomic E-state index is 15.4. The average Bonchev–Trinajstić information content (AvgIpc) is 0.716. The Balaban J connectivity index is 0.000000114. The molecule has 128 heavy (non-hydrogen) atoms. The van der Waals surface area contributed by atoms with E-state index in [1.165, 1.54) is 11.6 Å². The number of nitrogens with zero attached hydrogens (tertiary/aromatic N) is 8. The second kappa shape index (κ2) is 38.5. The summed E-state index contributed by atoms with van der Waals surface area (Å²) in [7, 11) is -4.30. The first-order valence-electron chi connectivity index (χ1n) is 41.1. The van der Waals surface area contributed by atoms with Gasteiger partial charge in [0.15, 0.2) is 34.1 Å². The van der Waals surface area contributed by atoms with Gasteiger partial charge in [-0.2, -0.15) is 121 Å². The fraction of sp³-hybridized carbons (Fsp3) is 0.0833. The normalized spacial score (nSPS) is 16.1. The number of rotatable bonds is 6. The van der Waals surface area contributed by atoms with Gasteiger partial charge in [-0.3, -0.25) is 9.97 Å². The Morgan fingerprint density at radius 1 is 0.328 bits per heavy atom. The largest absolute Gasteiger partial charge is 0.834 e. The average molecular weight is 2350 g/mol. The summed E-state index contributed by atoms with van der Waals surface area (Å²) in [5, 5.41) is 0.772. The molecule has 15 aromatic rings. The summed E-state index contributed by atoms with van der Waals surface area (Å²) in [4.78, 5) is 8.52. The van der Waals surface area contributed by atoms with E-state index in [0.29, 0.717) is 27.9 Å². The van der Waals surface area contributed by atoms with Crippen molar-refractivity contribution in [2.24, 2.45) is 0 Å². The van der Waals surface area contributed by atoms with Crippen molar-refractivity contribution in [1.29, 1.82) is 0 Å². The zero-order chi connectivity index (χ0) is 90.0. The van der Waals surface area contributed by atoms with Crippen LogP contribution >= 0.6 is 167 Å². The molecule has 0 N–H and O–H groups in total. The SMILES string of the molecule is Br[B-]1(Br)Oc2ccccc2C=[N+]1c1ccccc1.CC(C)(C)c1cc2c(c(C(C)(C)C)c1)O[B-](F)(F)[N+](c1cccc3ncccc13)=C2.Cl[B-]1(Cl)Oc2c(ccc3ccccc23)C=[N+]1c1ccccc1.Cl[B-]1(Cl)Oc2ccccc2C=[N+]1c1ccccc1.I[B-]1(I)Oc2c(ccc3ccccc23)C=[N+]1c1cccnc1.I[B-]1(I)Oc2ccccc2C=[N+]1c1ccccc1. The Hall–Kier alpha value is -8.95. The number of hydrogen-bond donors (Lipinski definition) is 0. The van der Waals surface area contributed by atoms with Crippen LogP contribution in [0.3, 0.4) is 0 Å². The second-order valence-corrected chi connectivity index (χ2v) is 50.7. The monoisotopic (exact) mass is 2350 g/mol. The molecule has 0 fully saturated rings. The van der Waals surface area contributed by atoms with Gasteiger partial charge in [0.2, 0.25) is 0 Å². The molecule has 642 valence electrons. The van der Waals surface area contributed by atoms with Crippen LogP contribution in [0.2, 0.25) is 0 Å². The number of para-hydroxylation sites is 7. The highest BCUT2D eigenvalue weighted by Gasteiger charge is 2.52. The van der Waals surface area contributed by atoms with Gasteiger partial charge in [-0.25, -0.2) is 45.8 Å². The van der Waals surface area contributed by atoms with Crippen LogP contribution in [-0.2, 0) is 10.8 Å². The van der Waals surface area contributed by atoms with E-state index in [9.17, 15) is 0 Å². The van der Waals surface area contributed by atoms with Crippen molar-refractivity contribution in [1.82, 2.24) is 9.97 Å². The third kappa shape index (κ3) is 20.8. The fourth-order valence-electron chi connectivity index (χ4n) is 15.3. The van der Waals surface area contributed by atoms with E-state index < -0.39 is 26.2 Å². The Morgan fingerprint density at radius 3 is 1.27 bits per heavy atom. The molecular formula is C96H80B6Br2Cl4F2I4N8O6. The van der Waals surface area contributed by atoms with E-state index in [-0.39, 0.29) is 16.6 Å². The standard InChI is InChI=1S/C24H27BF2N2O.C17H12BCl2NO.C16H11BI2N2O.C13H10BBr2NO.C13H10BCl2NO.C13H10BI2NO/c1-23(2,3)17-13-16-15-29(21-11-7-10-20-18(21)9-8-12-28-20)25(26,27)30-22(16)19(14-17)24(4,5)6;19-18(20)21(15-7-2-1-3-8-15)12-14-11-10-13-6-4-5-9-16(13)17(14)22-18;18-17(19)21(14-5-3-9-20-10-14)11-13-8-7-12-4-1-2-6-15(12)16(13)22-17;3*15-14(16)17(12-7-2-1-3-8-12)10-11-6-4-5-9-13(11)18-14/h7-15H,1-6H3;1-12H;1-11H;3*1-10H. The van der Waals surface area contributed by atoms with E-state index in [0.717, 1.165) is 111 Å². The first-order valence-corrected chi connectivity index (χ1v) is 49.7. The maximum Gasteiger partial charge on any atom is 0.834 e. The number of fused-ring (bicyclic) bond motifs is 11. The number of aromatic nitrogens is 2. The van der Waals surface area contributed by atoms with Crippen molar-refractivity contribution in [3.05, 3.63) is 385 Å². The zero-order valence-electron chi connectivity index (χ0n) is 69.8. The van der Waals surface area contributed by atoms with Crippen molar-refractivity contribution in [3.8, 4) is 34.5 Å². The summed E-state index contributed by atoms with van der Waals surface area (Å²) in [5.41, 5.74) is 13.4. The van der Waals surface area contributed by atoms with Gasteiger partial charge in [-0.1, -0.05) is 224 Å². The van der Waals surface area contributed by atoms with Crippen LogP contribution in [0.15, 0.2) is 340 Å². The molecule has 14 nitrogen and oxygen atoms in total. The quantitative estimate of drug-likeness (QED) is 0.120. The molecule has 6 aliphatic heterocycles. The summed E-state index contributed by atoms with van der Waals surface area (Å²) in [6.45, 7) is 12.4. The summed E-state index contributed by atoms with van der Waals surface area (Å²) in [5.74, 6) is 4.49. The van der Waals surface area contributed by atoms with Crippen LogP contribution in [0.4, 0.5) is 42.8 Å². The van der Waals surface area contributed by atoms with Crippen LogP contribution in [0.1, 0.15) is 86.1 Å². The van der Waals surface area contributed by atoms with E-state index in [2.05, 4.69) is 245 Å². The predicted molar refractivity (Wildman–Crippen MR) is 571 cm³/mol. The van der Waals surface area contributed by atoms with Gasteiger partial charge >= 0.3 is 26.2 Å². The lowest BCUT2D eigenvalue weighted by Crippen LogP contribution is -2.47. The van der Waals surface area contributed by atoms with Crippen LogP contribution in [0.5, 0.6) is 34.5 Å². The molecular weight excluding hydrogens is 2270 g/mol. The highest BCUT2D eigenvalue weighted by Crippen LogP contribution is 2.47. The van der Waals surface area contributed by atoms with Gasteiger partial charge in [0.25, 0.3) is 0 Å². The molecule has 21 rings (SSSR count). The second-order valence-electron chi connectivity index (χ2n) is 32.7. The first kappa shape index (κ1) is 92.3. The molecule has 6 aliphatic rings. The summed E-state index contributed by atoms with van der Waals surface area (Å²) in [6, 6.07) is 105. The molecule has 0 amide bonds. The zero-order valence-corrected chi connectivity index (χ0v) is 84.6. The third-order valence-corrected chi connectivity index (χ3v) is 27.5. The lowest BCUT2D eigenvalue weighted by Gasteiger charge is -2.35. The molecule has 0 atom stereocenters. The molecule has 2 aromatic heterocycles. The van der Waals surface area contributed by atoms with Crippen molar-refractivity contribution < 1.29 is 63.5 Å². The number of hydrogen-bond acceptors (Lipinski definition) is 8. The van der Waals surface area contributed by atoms with Crippen LogP contribution < -0.4 is 27.9 Å². The molecule has 0 bridgehead atoms. The first-order chi connectivity index (χ1) is 61.2. The Kier molecular flexibility index (Phi) is 27.7. The molecule has 32 heteroatoms. The molecule has 0 aliphatic carbocycles. The van der Waals surface area contributed by atoms with Crippen molar-refractivity contribution in [2.45, 2.75) is 52.4 Å². The maximum atomic E-state index is 15.4. The van der Waals surface area contributed by atoms with E-state index in [4.69, 9.17) is 73.8 Å². The lowest BCUT2D eigenvalue weighted by molar-refractivity contribution is -0.342. The Bertz CT molecular complexity index is 6510. The highest BCUT2D eigenvalue weighted by molar-refractivity contribution is 14.3. The highest BCUT2D eigenvalue weighted by atomic mass is 127. The van der Waals surface area contributed by atoms with E-state index in [1.807, 2.05) is 276 Å². The van der Waals surface area contributed by atoms with Crippen LogP contribution in [-0.4, -0.2) is 100 Å². The summed E-state index contributed by atoms with van der Waals surface area (Å²) < 4.78 is 73.4. The summed E-state index contributed by atoms with van der Waals surface area (Å²) >= 11 is 42.3. The van der Waals surface area contributed by atoms with Gasteiger partial charge in [0.05, 0.1) is 85.0 Å². The van der Waals surface area contributed by atoms with Gasteiger partial charge in [0.1, 0.15) is 37.3 Å². The summed E-state index contributed by atoms with van der Waals surface area (Å²) in [6.07, 6.45) is 17.1. The van der Waals surface area contributed by atoms with Crippen molar-refractivity contribution >= 4 is 297 Å². The van der Waals surface area contributed by atoms with E-state index >= 15 is 8.63 Å². The topological polar surface area (TPSA) is 99.2 Å². The van der Waals surface area contributed by atoms with Crippen molar-refractivity contribution in [2.75, 3.05) is 0 Å². The smallest absolute Gasteiger partial charge is 0.642 e. The predicted octanol–water partition coefficient (Wildman–Crippen LogP) is 27.9. The molecule has 0 saturated heterocycles. The van der Waals surface area contributed by atoms with Crippen LogP contribution in [0.25, 0.3) is 32.4 Å². The fourth-order valence-corrected chi connectivity index (χ4v) is 20.4. The number of benzene rings is 13. The third-order valence-electron chi connectivity index (χ3n) is 21.6. The number of pyridine rings is 2. The minimum atomic E-state index is -4.30. The van der Waals surface area contributed by atoms with Crippen molar-refractivity contribution in [3.63, 3.8) is 0 Å². The van der Waals surface area contributed by atoms with Gasteiger partial charge in [0, 0.05) is 83.8 Å². The minimum Gasteiger partial charge on any atom is -0.642 e. The van der Waals surface area contributed by atoms with Gasteiger partial charge in [-0.15, -0.1) is 0 Å². The Labute approximate surface area is 832 Å². The molecule has 0 saturated carbocycles. The molecule has 0 spiro atoms. The van der Waals surface area contributed by atoms with Crippen LogP contribution in [0, 0.1) is 0 Å².